The van der Waals surface area contributed by atoms with E-state index in [1.165, 1.54) is 18.2 Å². The van der Waals surface area contributed by atoms with Crippen molar-refractivity contribution < 1.29 is 37.3 Å². The highest BCUT2D eigenvalue weighted by atomic mass is 32.2. The van der Waals surface area contributed by atoms with Gasteiger partial charge in [-0.05, 0) is 24.3 Å². The van der Waals surface area contributed by atoms with Gasteiger partial charge >= 0.3 is 11.9 Å². The molecule has 0 aliphatic heterocycles. The zero-order valence-corrected chi connectivity index (χ0v) is 13.0. The highest BCUT2D eigenvalue weighted by Gasteiger charge is 2.22. The highest BCUT2D eigenvalue weighted by molar-refractivity contribution is 7.85. The van der Waals surface area contributed by atoms with Crippen LogP contribution in [-0.4, -0.2) is 34.9 Å². The lowest BCUT2D eigenvalue weighted by Crippen LogP contribution is -2.15. The second-order valence-corrected chi connectivity index (χ2v) is 6.05. The average molecular weight is 367 g/mol. The fraction of sp³-hybridized carbons (Fsp3) is 0. The summed E-state index contributed by atoms with van der Waals surface area (Å²) >= 11 is 0. The Morgan fingerprint density at radius 3 is 2.32 bits per heavy atom. The quantitative estimate of drug-likeness (QED) is 0.264. The molecule has 0 unspecified atom stereocenters. The molecule has 0 saturated heterocycles. The molecule has 0 aliphatic rings. The number of non-ortho nitro benzene ring substituents is 1. The van der Waals surface area contributed by atoms with Crippen LogP contribution in [0, 0.1) is 10.1 Å². The third kappa shape index (κ3) is 4.16. The lowest BCUT2D eigenvalue weighted by molar-refractivity contribution is -0.384. The number of hydrogen-bond donors (Lipinski definition) is 2. The molecule has 0 aromatic heterocycles. The van der Waals surface area contributed by atoms with Gasteiger partial charge in [-0.2, -0.15) is 8.42 Å². The van der Waals surface area contributed by atoms with Gasteiger partial charge in [-0.1, -0.05) is 6.07 Å². The van der Waals surface area contributed by atoms with Crippen molar-refractivity contribution in [3.8, 4) is 5.75 Å². The minimum absolute atomic E-state index is 0.200. The lowest BCUT2D eigenvalue weighted by atomic mass is 10.1. The molecular weight excluding hydrogens is 358 g/mol. The molecular formula is C14H9NO9S. The summed E-state index contributed by atoms with van der Waals surface area (Å²) in [7, 11) is -4.67. The Balaban J connectivity index is 2.41. The van der Waals surface area contributed by atoms with Crippen molar-refractivity contribution in [2.75, 3.05) is 0 Å². The number of aromatic carboxylic acids is 1. The van der Waals surface area contributed by atoms with Crippen LogP contribution < -0.4 is 4.74 Å². The molecule has 0 aliphatic carbocycles. The van der Waals surface area contributed by atoms with Crippen molar-refractivity contribution in [3.63, 3.8) is 0 Å². The van der Waals surface area contributed by atoms with Gasteiger partial charge in [0.15, 0.2) is 0 Å². The largest absolute Gasteiger partial charge is 0.478 e. The molecule has 130 valence electrons. The van der Waals surface area contributed by atoms with Crippen LogP contribution in [0.5, 0.6) is 5.75 Å². The molecule has 0 bridgehead atoms. The third-order valence-electron chi connectivity index (χ3n) is 2.98. The number of benzene rings is 2. The number of ether oxygens (including phenoxy) is 1. The van der Waals surface area contributed by atoms with Gasteiger partial charge < -0.3 is 9.84 Å². The predicted molar refractivity (Wildman–Crippen MR) is 81.3 cm³/mol. The molecule has 2 rings (SSSR count). The van der Waals surface area contributed by atoms with Crippen molar-refractivity contribution in [2.45, 2.75) is 4.90 Å². The van der Waals surface area contributed by atoms with Gasteiger partial charge in [0.25, 0.3) is 15.8 Å². The van der Waals surface area contributed by atoms with Crippen LogP contribution in [0.4, 0.5) is 5.69 Å². The molecule has 11 heteroatoms. The molecule has 10 nitrogen and oxygen atoms in total. The normalized spacial score (nSPS) is 10.9. The molecule has 2 N–H and O–H groups in total. The maximum absolute atomic E-state index is 12.1. The Morgan fingerprint density at radius 2 is 1.76 bits per heavy atom. The molecule has 0 atom stereocenters. The van der Waals surface area contributed by atoms with E-state index in [1.807, 2.05) is 0 Å². The van der Waals surface area contributed by atoms with Gasteiger partial charge in [0.2, 0.25) is 0 Å². The van der Waals surface area contributed by atoms with Crippen LogP contribution >= 0.6 is 0 Å². The Labute approximate surface area is 140 Å². The summed E-state index contributed by atoms with van der Waals surface area (Å²) in [6.07, 6.45) is 0. The highest BCUT2D eigenvalue weighted by Crippen LogP contribution is 2.22. The molecule has 25 heavy (non-hydrogen) atoms. The smallest absolute Gasteiger partial charge is 0.344 e. The zero-order valence-electron chi connectivity index (χ0n) is 12.1. The summed E-state index contributed by atoms with van der Waals surface area (Å²) in [5.74, 6) is -2.99. The second-order valence-electron chi connectivity index (χ2n) is 4.63. The molecule has 0 amide bonds. The van der Waals surface area contributed by atoms with Crippen molar-refractivity contribution in [1.82, 2.24) is 0 Å². The number of nitro benzene ring substituents is 1. The number of carboxylic acid groups (broad SMARTS) is 1. The van der Waals surface area contributed by atoms with E-state index in [4.69, 9.17) is 14.4 Å². The maximum atomic E-state index is 12.1. The predicted octanol–water partition coefficient (Wildman–Crippen LogP) is 1.76. The summed E-state index contributed by atoms with van der Waals surface area (Å²) in [5, 5.41) is 19.8. The summed E-state index contributed by atoms with van der Waals surface area (Å²) in [5.41, 5.74) is -1.55. The Hall–Kier alpha value is -3.31. The van der Waals surface area contributed by atoms with Crippen molar-refractivity contribution in [3.05, 3.63) is 63.7 Å². The van der Waals surface area contributed by atoms with E-state index in [2.05, 4.69) is 0 Å². The number of hydrogen-bond acceptors (Lipinski definition) is 7. The van der Waals surface area contributed by atoms with Crippen LogP contribution in [0.1, 0.15) is 20.7 Å². The van der Waals surface area contributed by atoms with Crippen LogP contribution in [0.2, 0.25) is 0 Å². The first kappa shape index (κ1) is 18.0. The van der Waals surface area contributed by atoms with E-state index in [0.29, 0.717) is 6.07 Å². The Bertz CT molecular complexity index is 982. The SMILES string of the molecule is O=C(O)c1cc(S(=O)(=O)O)ccc1C(=O)Oc1cccc([N+](=O)[O-])c1. The van der Waals surface area contributed by atoms with Crippen LogP contribution in [0.3, 0.4) is 0 Å². The number of nitro groups is 1. The van der Waals surface area contributed by atoms with Gasteiger partial charge in [0.1, 0.15) is 5.75 Å². The maximum Gasteiger partial charge on any atom is 0.344 e. The van der Waals surface area contributed by atoms with E-state index in [9.17, 15) is 28.1 Å². The second kappa shape index (κ2) is 6.67. The first-order valence-corrected chi connectivity index (χ1v) is 7.85. The van der Waals surface area contributed by atoms with Gasteiger partial charge in [-0.25, -0.2) is 9.59 Å². The summed E-state index contributed by atoms with van der Waals surface area (Å²) in [6.45, 7) is 0. The number of esters is 1. The molecule has 0 spiro atoms. The van der Waals surface area contributed by atoms with Gasteiger partial charge in [-0.15, -0.1) is 0 Å². The van der Waals surface area contributed by atoms with E-state index in [0.717, 1.165) is 18.2 Å². The minimum atomic E-state index is -4.67. The molecule has 0 heterocycles. The number of carbonyl (C=O) groups excluding carboxylic acids is 1. The summed E-state index contributed by atoms with van der Waals surface area (Å²) < 4.78 is 36.0. The van der Waals surface area contributed by atoms with E-state index >= 15 is 0 Å². The molecule has 0 fully saturated rings. The van der Waals surface area contributed by atoms with E-state index in [-0.39, 0.29) is 11.4 Å². The van der Waals surface area contributed by atoms with Gasteiger partial charge in [0.05, 0.1) is 27.0 Å². The van der Waals surface area contributed by atoms with Crippen LogP contribution in [0.15, 0.2) is 47.4 Å². The number of carbonyl (C=O) groups is 2. The monoisotopic (exact) mass is 367 g/mol. The number of carboxylic acids is 1. The first-order valence-electron chi connectivity index (χ1n) is 6.41. The van der Waals surface area contributed by atoms with E-state index < -0.39 is 43.0 Å². The first-order chi connectivity index (χ1) is 11.6. The zero-order chi connectivity index (χ0) is 18.8. The third-order valence-corrected chi connectivity index (χ3v) is 3.83. The topological polar surface area (TPSA) is 161 Å². The van der Waals surface area contributed by atoms with Gasteiger partial charge in [0, 0.05) is 6.07 Å². The average Bonchev–Trinajstić information content (AvgIpc) is 2.53. The molecule has 0 radical (unpaired) electrons. The summed E-state index contributed by atoms with van der Waals surface area (Å²) in [4.78, 5) is 32.6. The summed E-state index contributed by atoms with van der Waals surface area (Å²) in [6, 6.07) is 6.92. The molecule has 0 saturated carbocycles. The van der Waals surface area contributed by atoms with Crippen LogP contribution in [-0.2, 0) is 10.1 Å². The van der Waals surface area contributed by atoms with Crippen LogP contribution in [0.25, 0.3) is 0 Å². The van der Waals surface area contributed by atoms with E-state index in [1.54, 1.807) is 0 Å². The Morgan fingerprint density at radius 1 is 1.08 bits per heavy atom. The Kier molecular flexibility index (Phi) is 4.81. The fourth-order valence-corrected chi connectivity index (χ4v) is 2.37. The fourth-order valence-electron chi connectivity index (χ4n) is 1.86. The molecule has 2 aromatic rings. The standard InChI is InChI=1S/C14H9NO9S/c16-13(17)12-7-10(25(21,22)23)4-5-11(12)14(18)24-9-3-1-2-8(6-9)15(19)20/h1-7H,(H,16,17)(H,21,22,23). The van der Waals surface area contributed by atoms with Gasteiger partial charge in [-0.3, -0.25) is 14.7 Å². The van der Waals surface area contributed by atoms with Crippen molar-refractivity contribution >= 4 is 27.7 Å². The molecule has 2 aromatic carbocycles. The number of nitrogens with zero attached hydrogens (tertiary/aromatic N) is 1. The minimum Gasteiger partial charge on any atom is -0.478 e. The van der Waals surface area contributed by atoms with Crippen molar-refractivity contribution in [1.29, 1.82) is 0 Å². The van der Waals surface area contributed by atoms with Crippen molar-refractivity contribution in [2.24, 2.45) is 0 Å². The lowest BCUT2D eigenvalue weighted by Gasteiger charge is -2.08. The number of rotatable bonds is 5.